The van der Waals surface area contributed by atoms with Crippen LogP contribution in [0.1, 0.15) is 35.5 Å². The molecule has 2 unspecified atom stereocenters. The van der Waals surface area contributed by atoms with E-state index in [2.05, 4.69) is 26.8 Å². The smallest absolute Gasteiger partial charge is 0.266 e. The number of carbonyl (C=O) groups excluding carboxylic acids is 1. The maximum atomic E-state index is 12.8. The second-order valence-corrected chi connectivity index (χ2v) is 7.47. The molecule has 0 aliphatic carbocycles. The molecule has 1 saturated heterocycles. The van der Waals surface area contributed by atoms with Crippen molar-refractivity contribution in [3.63, 3.8) is 0 Å². The quantitative estimate of drug-likeness (QED) is 0.868. The Morgan fingerprint density at radius 2 is 1.95 bits per heavy atom. The van der Waals surface area contributed by atoms with Crippen LogP contribution in [0, 0.1) is 18.8 Å². The summed E-state index contributed by atoms with van der Waals surface area (Å²) in [5, 5.41) is 1.02. The third kappa shape index (κ3) is 2.53. The zero-order valence-corrected chi connectivity index (χ0v) is 13.7. The number of piperidine rings is 1. The number of thiophene rings is 1. The number of rotatable bonds is 1. The van der Waals surface area contributed by atoms with Crippen LogP contribution in [-0.2, 0) is 0 Å². The number of likely N-dealkylation sites (tertiary alicyclic amines) is 1. The molecular weight excluding hydrogens is 280 g/mol. The predicted molar refractivity (Wildman–Crippen MR) is 89.8 cm³/mol. The van der Waals surface area contributed by atoms with E-state index in [9.17, 15) is 4.79 Å². The summed E-state index contributed by atoms with van der Waals surface area (Å²) in [5.74, 6) is 1.23. The Morgan fingerprint density at radius 3 is 2.57 bits per heavy atom. The fraction of sp³-hybridized carbons (Fsp3) is 0.471. The van der Waals surface area contributed by atoms with Crippen molar-refractivity contribution in [1.29, 1.82) is 0 Å². The average molecular weight is 302 g/mol. The van der Waals surface area contributed by atoms with Crippen molar-refractivity contribution in [2.24, 2.45) is 11.8 Å². The zero-order valence-electron chi connectivity index (χ0n) is 12.8. The van der Waals surface area contributed by atoms with Crippen molar-refractivity contribution in [1.82, 2.24) is 4.90 Å². The van der Waals surface area contributed by atoms with Gasteiger partial charge in [-0.05, 0) is 30.7 Å². The molecular formula is C17H22N2OS. The van der Waals surface area contributed by atoms with Crippen molar-refractivity contribution in [2.45, 2.75) is 27.2 Å². The fourth-order valence-electron chi connectivity index (χ4n) is 3.41. The maximum Gasteiger partial charge on any atom is 0.266 e. The first-order chi connectivity index (χ1) is 9.97. The molecule has 1 fully saturated rings. The summed E-state index contributed by atoms with van der Waals surface area (Å²) in [6.45, 7) is 8.19. The molecule has 21 heavy (non-hydrogen) atoms. The van der Waals surface area contributed by atoms with Gasteiger partial charge in [-0.3, -0.25) is 4.79 Å². The average Bonchev–Trinajstić information content (AvgIpc) is 2.76. The SMILES string of the molecule is Cc1cccc2c(N)c(C(=O)N3CC(C)CC(C)C3)sc12. The molecule has 2 atom stereocenters. The normalized spacial score (nSPS) is 22.7. The minimum absolute atomic E-state index is 0.103. The molecule has 4 heteroatoms. The zero-order chi connectivity index (χ0) is 15.1. The summed E-state index contributed by atoms with van der Waals surface area (Å²) in [5.41, 5.74) is 8.08. The van der Waals surface area contributed by atoms with Crippen molar-refractivity contribution in [3.8, 4) is 0 Å². The van der Waals surface area contributed by atoms with E-state index < -0.39 is 0 Å². The van der Waals surface area contributed by atoms with Gasteiger partial charge in [0, 0.05) is 23.2 Å². The number of amides is 1. The lowest BCUT2D eigenvalue weighted by Crippen LogP contribution is -2.42. The van der Waals surface area contributed by atoms with Crippen LogP contribution in [0.2, 0.25) is 0 Å². The molecule has 2 N–H and O–H groups in total. The fourth-order valence-corrected chi connectivity index (χ4v) is 4.57. The van der Waals surface area contributed by atoms with Gasteiger partial charge in [0.05, 0.1) is 5.69 Å². The van der Waals surface area contributed by atoms with Crippen LogP contribution in [0.3, 0.4) is 0 Å². The third-order valence-corrected chi connectivity index (χ3v) is 5.65. The maximum absolute atomic E-state index is 12.8. The van der Waals surface area contributed by atoms with Gasteiger partial charge in [-0.15, -0.1) is 11.3 Å². The number of anilines is 1. The Morgan fingerprint density at radius 1 is 1.29 bits per heavy atom. The molecule has 1 amide bonds. The topological polar surface area (TPSA) is 46.3 Å². The molecule has 2 heterocycles. The van der Waals surface area contributed by atoms with Crippen LogP contribution in [0.15, 0.2) is 18.2 Å². The van der Waals surface area contributed by atoms with E-state index in [1.54, 1.807) is 0 Å². The lowest BCUT2D eigenvalue weighted by atomic mass is 9.92. The molecule has 112 valence electrons. The van der Waals surface area contributed by atoms with Gasteiger partial charge in [0.15, 0.2) is 0 Å². The van der Waals surface area contributed by atoms with E-state index in [4.69, 9.17) is 5.73 Å². The Balaban J connectivity index is 1.98. The number of nitrogens with zero attached hydrogens (tertiary/aromatic N) is 1. The van der Waals surface area contributed by atoms with Gasteiger partial charge in [-0.2, -0.15) is 0 Å². The highest BCUT2D eigenvalue weighted by Crippen LogP contribution is 2.37. The standard InChI is InChI=1S/C17H22N2OS/c1-10-7-11(2)9-19(8-10)17(20)16-14(18)13-6-4-5-12(3)15(13)21-16/h4-6,10-11H,7-9,18H2,1-3H3. The second-order valence-electron chi connectivity index (χ2n) is 6.45. The Labute approximate surface area is 129 Å². The van der Waals surface area contributed by atoms with E-state index >= 15 is 0 Å². The van der Waals surface area contributed by atoms with E-state index in [1.807, 2.05) is 17.0 Å². The molecule has 1 aromatic heterocycles. The van der Waals surface area contributed by atoms with Gasteiger partial charge in [0.2, 0.25) is 0 Å². The van der Waals surface area contributed by atoms with Crippen LogP contribution in [0.25, 0.3) is 10.1 Å². The van der Waals surface area contributed by atoms with Gasteiger partial charge in [0.25, 0.3) is 5.91 Å². The first-order valence-electron chi connectivity index (χ1n) is 7.54. The first kappa shape index (κ1) is 14.4. The molecule has 0 spiro atoms. The monoisotopic (exact) mass is 302 g/mol. The van der Waals surface area contributed by atoms with Crippen LogP contribution < -0.4 is 5.73 Å². The number of nitrogen functional groups attached to an aromatic ring is 1. The van der Waals surface area contributed by atoms with E-state index in [1.165, 1.54) is 23.3 Å². The number of hydrogen-bond acceptors (Lipinski definition) is 3. The molecule has 0 bridgehead atoms. The Kier molecular flexibility index (Phi) is 3.66. The summed E-state index contributed by atoms with van der Waals surface area (Å²) < 4.78 is 1.14. The van der Waals surface area contributed by atoms with Gasteiger partial charge < -0.3 is 10.6 Å². The largest absolute Gasteiger partial charge is 0.397 e. The van der Waals surface area contributed by atoms with E-state index in [-0.39, 0.29) is 5.91 Å². The summed E-state index contributed by atoms with van der Waals surface area (Å²) in [4.78, 5) is 15.5. The highest BCUT2D eigenvalue weighted by molar-refractivity contribution is 7.21. The Bertz CT molecular complexity index is 681. The molecule has 0 radical (unpaired) electrons. The molecule has 1 aliphatic heterocycles. The second kappa shape index (κ2) is 5.34. The van der Waals surface area contributed by atoms with Gasteiger partial charge >= 0.3 is 0 Å². The summed E-state index contributed by atoms with van der Waals surface area (Å²) in [6, 6.07) is 6.07. The summed E-state index contributed by atoms with van der Waals surface area (Å²) in [7, 11) is 0. The highest BCUT2D eigenvalue weighted by Gasteiger charge is 2.28. The van der Waals surface area contributed by atoms with Gasteiger partial charge in [-0.1, -0.05) is 32.0 Å². The number of nitrogens with two attached hydrogens (primary N) is 1. The lowest BCUT2D eigenvalue weighted by molar-refractivity contribution is 0.0629. The minimum atomic E-state index is 0.103. The molecule has 3 nitrogen and oxygen atoms in total. The summed E-state index contributed by atoms with van der Waals surface area (Å²) in [6.07, 6.45) is 1.20. The Hall–Kier alpha value is -1.55. The van der Waals surface area contributed by atoms with E-state index in [0.717, 1.165) is 23.2 Å². The number of fused-ring (bicyclic) bond motifs is 1. The molecule has 2 aromatic rings. The predicted octanol–water partition coefficient (Wildman–Crippen LogP) is 3.91. The number of carbonyl (C=O) groups is 1. The first-order valence-corrected chi connectivity index (χ1v) is 8.36. The third-order valence-electron chi connectivity index (χ3n) is 4.30. The van der Waals surface area contributed by atoms with Crippen LogP contribution in [0.5, 0.6) is 0 Å². The van der Waals surface area contributed by atoms with Gasteiger partial charge in [-0.25, -0.2) is 0 Å². The van der Waals surface area contributed by atoms with Crippen LogP contribution >= 0.6 is 11.3 Å². The minimum Gasteiger partial charge on any atom is -0.397 e. The molecule has 1 aromatic carbocycles. The number of aryl methyl sites for hydroxylation is 1. The molecule has 3 rings (SSSR count). The van der Waals surface area contributed by atoms with Crippen molar-refractivity contribution in [2.75, 3.05) is 18.8 Å². The van der Waals surface area contributed by atoms with Crippen LogP contribution in [-0.4, -0.2) is 23.9 Å². The number of hydrogen-bond donors (Lipinski definition) is 1. The van der Waals surface area contributed by atoms with Crippen molar-refractivity contribution < 1.29 is 4.79 Å². The van der Waals surface area contributed by atoms with Crippen molar-refractivity contribution >= 4 is 33.0 Å². The number of benzene rings is 1. The van der Waals surface area contributed by atoms with E-state index in [0.29, 0.717) is 22.4 Å². The van der Waals surface area contributed by atoms with Crippen LogP contribution in [0.4, 0.5) is 5.69 Å². The molecule has 1 aliphatic rings. The van der Waals surface area contributed by atoms with Gasteiger partial charge in [0.1, 0.15) is 4.88 Å². The summed E-state index contributed by atoms with van der Waals surface area (Å²) >= 11 is 1.54. The molecule has 0 saturated carbocycles. The highest BCUT2D eigenvalue weighted by atomic mass is 32.1. The van der Waals surface area contributed by atoms with Crippen molar-refractivity contribution in [3.05, 3.63) is 28.6 Å². The lowest BCUT2D eigenvalue weighted by Gasteiger charge is -2.34.